The van der Waals surface area contributed by atoms with E-state index in [2.05, 4.69) is 6.92 Å². The Hall–Kier alpha value is -2.79. The minimum absolute atomic E-state index is 0.0137. The van der Waals surface area contributed by atoms with Crippen molar-refractivity contribution in [2.45, 2.75) is 52.2 Å². The third kappa shape index (κ3) is 5.10. The van der Waals surface area contributed by atoms with Crippen molar-refractivity contribution in [3.8, 4) is 5.75 Å². The molecule has 1 N–H and O–H groups in total. The molecule has 6 heteroatoms. The number of benzene rings is 2. The van der Waals surface area contributed by atoms with Crippen LogP contribution >= 0.6 is 11.6 Å². The minimum Gasteiger partial charge on any atom is -0.507 e. The number of halogens is 1. The molecule has 1 unspecified atom stereocenters. The number of aliphatic hydroxyl groups is 1. The molecule has 164 valence electrons. The van der Waals surface area contributed by atoms with Crippen LogP contribution in [0.2, 0.25) is 5.02 Å². The first-order valence-electron chi connectivity index (χ1n) is 10.6. The first kappa shape index (κ1) is 22.9. The predicted octanol–water partition coefficient (Wildman–Crippen LogP) is 5.74. The summed E-state index contributed by atoms with van der Waals surface area (Å²) < 4.78 is 5.81. The van der Waals surface area contributed by atoms with Crippen molar-refractivity contribution < 1.29 is 19.4 Å². The SMILES string of the molecule is CCCCCN1C(=O)C(=O)/C(=C(\O)c2ccc(Cl)cc2)C1c1cccc(OC(C)C)c1. The first-order valence-corrected chi connectivity index (χ1v) is 11.0. The number of rotatable bonds is 8. The molecule has 1 atom stereocenters. The van der Waals surface area contributed by atoms with E-state index in [1.54, 1.807) is 29.2 Å². The highest BCUT2D eigenvalue weighted by Crippen LogP contribution is 2.40. The van der Waals surface area contributed by atoms with Crippen molar-refractivity contribution in [1.29, 1.82) is 0 Å². The molecule has 1 aliphatic heterocycles. The van der Waals surface area contributed by atoms with E-state index >= 15 is 0 Å². The van der Waals surface area contributed by atoms with Gasteiger partial charge in [-0.1, -0.05) is 43.5 Å². The van der Waals surface area contributed by atoms with E-state index in [4.69, 9.17) is 16.3 Å². The van der Waals surface area contributed by atoms with Gasteiger partial charge in [0.2, 0.25) is 0 Å². The molecule has 1 saturated heterocycles. The molecule has 1 amide bonds. The van der Waals surface area contributed by atoms with E-state index in [1.165, 1.54) is 0 Å². The fraction of sp³-hybridized carbons (Fsp3) is 0.360. The van der Waals surface area contributed by atoms with Gasteiger partial charge in [0.25, 0.3) is 11.7 Å². The summed E-state index contributed by atoms with van der Waals surface area (Å²) in [6.45, 7) is 6.39. The maximum absolute atomic E-state index is 13.0. The van der Waals surface area contributed by atoms with Crippen molar-refractivity contribution in [3.63, 3.8) is 0 Å². The molecule has 31 heavy (non-hydrogen) atoms. The number of carbonyl (C=O) groups is 2. The molecular formula is C25H28ClNO4. The van der Waals surface area contributed by atoms with E-state index in [9.17, 15) is 14.7 Å². The van der Waals surface area contributed by atoms with Crippen LogP contribution in [0.4, 0.5) is 0 Å². The highest BCUT2D eigenvalue weighted by Gasteiger charge is 2.45. The third-order valence-electron chi connectivity index (χ3n) is 5.21. The third-order valence-corrected chi connectivity index (χ3v) is 5.46. The summed E-state index contributed by atoms with van der Waals surface area (Å²) in [5.74, 6) is -0.817. The molecule has 3 rings (SSSR count). The average molecular weight is 442 g/mol. The van der Waals surface area contributed by atoms with Gasteiger partial charge in [-0.2, -0.15) is 0 Å². The minimum atomic E-state index is -0.678. The molecule has 0 spiro atoms. The number of aliphatic hydroxyl groups excluding tert-OH is 1. The van der Waals surface area contributed by atoms with E-state index < -0.39 is 17.7 Å². The standard InChI is InChI=1S/C25H28ClNO4/c1-4-5-6-14-27-22(18-8-7-9-20(15-18)31-16(2)3)21(24(29)25(27)30)23(28)17-10-12-19(26)13-11-17/h7-13,15-16,22,28H,4-6,14H2,1-3H3/b23-21-. The monoisotopic (exact) mass is 441 g/mol. The highest BCUT2D eigenvalue weighted by atomic mass is 35.5. The van der Waals surface area contributed by atoms with Crippen LogP contribution in [0.15, 0.2) is 54.1 Å². The van der Waals surface area contributed by atoms with Crippen LogP contribution in [-0.2, 0) is 9.59 Å². The van der Waals surface area contributed by atoms with Crippen LogP contribution in [-0.4, -0.2) is 34.3 Å². The van der Waals surface area contributed by atoms with Crippen molar-refractivity contribution in [2.75, 3.05) is 6.54 Å². The van der Waals surface area contributed by atoms with Gasteiger partial charge in [-0.3, -0.25) is 9.59 Å². The summed E-state index contributed by atoms with van der Waals surface area (Å²) in [7, 11) is 0. The normalized spacial score (nSPS) is 18.1. The number of nitrogens with zero attached hydrogens (tertiary/aromatic N) is 1. The molecule has 1 heterocycles. The number of hydrogen-bond acceptors (Lipinski definition) is 4. The Morgan fingerprint density at radius 2 is 1.84 bits per heavy atom. The second-order valence-electron chi connectivity index (χ2n) is 7.95. The Bertz CT molecular complexity index is 981. The molecule has 0 aromatic heterocycles. The van der Waals surface area contributed by atoms with Crippen molar-refractivity contribution >= 4 is 29.1 Å². The van der Waals surface area contributed by atoms with Gasteiger partial charge in [0.15, 0.2) is 0 Å². The van der Waals surface area contributed by atoms with Crippen molar-refractivity contribution in [2.24, 2.45) is 0 Å². The quantitative estimate of drug-likeness (QED) is 0.245. The van der Waals surface area contributed by atoms with Gasteiger partial charge < -0.3 is 14.7 Å². The zero-order valence-corrected chi connectivity index (χ0v) is 18.9. The van der Waals surface area contributed by atoms with Gasteiger partial charge >= 0.3 is 0 Å². The van der Waals surface area contributed by atoms with E-state index in [1.807, 2.05) is 38.1 Å². The van der Waals surface area contributed by atoms with E-state index in [0.29, 0.717) is 22.9 Å². The zero-order valence-electron chi connectivity index (χ0n) is 18.1. The van der Waals surface area contributed by atoms with Gasteiger partial charge in [0, 0.05) is 17.1 Å². The lowest BCUT2D eigenvalue weighted by Crippen LogP contribution is -2.30. The van der Waals surface area contributed by atoms with Crippen LogP contribution in [0, 0.1) is 0 Å². The van der Waals surface area contributed by atoms with Gasteiger partial charge in [-0.05, 0) is 62.2 Å². The molecule has 1 fully saturated rings. The summed E-state index contributed by atoms with van der Waals surface area (Å²) in [5.41, 5.74) is 1.26. The number of unbranched alkanes of at least 4 members (excludes halogenated alkanes) is 2. The highest BCUT2D eigenvalue weighted by molar-refractivity contribution is 6.46. The van der Waals surface area contributed by atoms with Crippen LogP contribution in [0.25, 0.3) is 5.76 Å². The number of hydrogen-bond donors (Lipinski definition) is 1. The molecule has 0 radical (unpaired) electrons. The molecule has 0 saturated carbocycles. The number of likely N-dealkylation sites (tertiary alicyclic amines) is 1. The van der Waals surface area contributed by atoms with E-state index in [-0.39, 0.29) is 17.4 Å². The molecule has 2 aromatic carbocycles. The lowest BCUT2D eigenvalue weighted by molar-refractivity contribution is -0.139. The maximum Gasteiger partial charge on any atom is 0.295 e. The number of carbonyl (C=O) groups excluding carboxylic acids is 2. The summed E-state index contributed by atoms with van der Waals surface area (Å²) in [5, 5.41) is 11.6. The predicted molar refractivity (Wildman–Crippen MR) is 122 cm³/mol. The second kappa shape index (κ2) is 10.0. The number of amides is 1. The molecule has 1 aliphatic rings. The molecular weight excluding hydrogens is 414 g/mol. The maximum atomic E-state index is 13.0. The Morgan fingerprint density at radius 3 is 2.48 bits per heavy atom. The fourth-order valence-electron chi connectivity index (χ4n) is 3.78. The van der Waals surface area contributed by atoms with Crippen molar-refractivity contribution in [1.82, 2.24) is 4.90 Å². The Labute approximate surface area is 188 Å². The molecule has 0 bridgehead atoms. The van der Waals surface area contributed by atoms with E-state index in [0.717, 1.165) is 24.8 Å². The second-order valence-corrected chi connectivity index (χ2v) is 8.38. The largest absolute Gasteiger partial charge is 0.507 e. The Balaban J connectivity index is 2.11. The summed E-state index contributed by atoms with van der Waals surface area (Å²) in [4.78, 5) is 27.5. The van der Waals surface area contributed by atoms with Crippen LogP contribution < -0.4 is 4.74 Å². The Kier molecular flexibility index (Phi) is 7.39. The lowest BCUT2D eigenvalue weighted by Gasteiger charge is -2.26. The van der Waals surface area contributed by atoms with Gasteiger partial charge in [0.05, 0.1) is 17.7 Å². The van der Waals surface area contributed by atoms with Gasteiger partial charge in [-0.25, -0.2) is 0 Å². The molecule has 5 nitrogen and oxygen atoms in total. The van der Waals surface area contributed by atoms with Crippen LogP contribution in [0.5, 0.6) is 5.75 Å². The van der Waals surface area contributed by atoms with Crippen molar-refractivity contribution in [3.05, 3.63) is 70.3 Å². The number of ether oxygens (including phenoxy) is 1. The number of Topliss-reactive ketones (excluding diaryl/α,β-unsaturated/α-hetero) is 1. The fourth-order valence-corrected chi connectivity index (χ4v) is 3.91. The first-order chi connectivity index (χ1) is 14.8. The Morgan fingerprint density at radius 1 is 1.13 bits per heavy atom. The summed E-state index contributed by atoms with van der Waals surface area (Å²) in [6.07, 6.45) is 2.71. The molecule has 2 aromatic rings. The van der Waals surface area contributed by atoms with Crippen LogP contribution in [0.3, 0.4) is 0 Å². The molecule has 0 aliphatic carbocycles. The van der Waals surface area contributed by atoms with Gasteiger partial charge in [0.1, 0.15) is 11.5 Å². The zero-order chi connectivity index (χ0) is 22.5. The average Bonchev–Trinajstić information content (AvgIpc) is 2.99. The number of ketones is 1. The summed E-state index contributed by atoms with van der Waals surface area (Å²) >= 11 is 5.96. The van der Waals surface area contributed by atoms with Gasteiger partial charge in [-0.15, -0.1) is 0 Å². The van der Waals surface area contributed by atoms with Crippen LogP contribution in [0.1, 0.15) is 57.2 Å². The lowest BCUT2D eigenvalue weighted by atomic mass is 9.95. The topological polar surface area (TPSA) is 66.8 Å². The smallest absolute Gasteiger partial charge is 0.295 e. The summed E-state index contributed by atoms with van der Waals surface area (Å²) in [6, 6.07) is 13.2.